The molecule has 0 fully saturated rings. The highest BCUT2D eigenvalue weighted by molar-refractivity contribution is 6.22. The summed E-state index contributed by atoms with van der Waals surface area (Å²) < 4.78 is 1.46. The third-order valence-electron chi connectivity index (χ3n) is 4.72. The zero-order chi connectivity index (χ0) is 20.9. The van der Waals surface area contributed by atoms with E-state index in [9.17, 15) is 29.6 Å². The number of benzene rings is 1. The Balaban J connectivity index is 1.64. The molecule has 0 aliphatic carbocycles. The van der Waals surface area contributed by atoms with Crippen molar-refractivity contribution in [2.45, 2.75) is 26.2 Å². The van der Waals surface area contributed by atoms with E-state index in [2.05, 4.69) is 20.4 Å². The van der Waals surface area contributed by atoms with Crippen LogP contribution in [-0.4, -0.2) is 64.7 Å². The van der Waals surface area contributed by atoms with Crippen molar-refractivity contribution in [1.82, 2.24) is 30.0 Å². The molecular formula is C15H13N7O7. The van der Waals surface area contributed by atoms with Crippen molar-refractivity contribution in [3.8, 4) is 0 Å². The van der Waals surface area contributed by atoms with Crippen molar-refractivity contribution in [1.29, 1.82) is 0 Å². The average molecular weight is 403 g/mol. The Labute approximate surface area is 161 Å². The topological polar surface area (TPSA) is 174 Å². The fourth-order valence-electron chi connectivity index (χ4n) is 3.30. The highest BCUT2D eigenvalue weighted by Crippen LogP contribution is 2.37. The first kappa shape index (κ1) is 18.4. The molecule has 0 bridgehead atoms. The molecule has 29 heavy (non-hydrogen) atoms. The summed E-state index contributed by atoms with van der Waals surface area (Å²) in [7, 11) is 0. The van der Waals surface area contributed by atoms with Crippen LogP contribution in [0.4, 0.5) is 0 Å². The van der Waals surface area contributed by atoms with Crippen LogP contribution >= 0.6 is 0 Å². The van der Waals surface area contributed by atoms with Crippen molar-refractivity contribution >= 4 is 17.7 Å². The maximum Gasteiger partial charge on any atom is 0.296 e. The summed E-state index contributed by atoms with van der Waals surface area (Å²) in [4.78, 5) is 53.7. The second-order valence-corrected chi connectivity index (χ2v) is 6.22. The number of aliphatic hydroxyl groups excluding tert-OH is 1. The molecule has 14 heteroatoms. The lowest BCUT2D eigenvalue weighted by Gasteiger charge is -2.20. The van der Waals surface area contributed by atoms with E-state index in [1.165, 1.54) is 16.8 Å². The van der Waals surface area contributed by atoms with Crippen LogP contribution in [0.3, 0.4) is 0 Å². The molecule has 150 valence electrons. The van der Waals surface area contributed by atoms with Gasteiger partial charge in [-0.25, -0.2) is 9.58 Å². The second kappa shape index (κ2) is 6.59. The number of tetrazole rings is 1. The molecular weight excluding hydrogens is 390 g/mol. The number of imide groups is 1. The highest BCUT2D eigenvalue weighted by Gasteiger charge is 2.43. The molecule has 1 N–H and O–H groups in total. The van der Waals surface area contributed by atoms with Crippen LogP contribution in [-0.2, 0) is 17.9 Å². The standard InChI is InChI=1S/C15H13N7O7/c1-2-21-11(16-17-18-21)5-19-12(23)7-3-9-10(4-8(7)13(19)24)15(26)20(14(9)25)6-29-22(27)28/h3-4,12,23H,2,5-6H2,1H3. The van der Waals surface area contributed by atoms with Gasteiger partial charge in [-0.3, -0.25) is 19.2 Å². The van der Waals surface area contributed by atoms with E-state index in [4.69, 9.17) is 0 Å². The van der Waals surface area contributed by atoms with E-state index in [1.807, 2.05) is 6.92 Å². The Morgan fingerprint density at radius 1 is 1.17 bits per heavy atom. The van der Waals surface area contributed by atoms with E-state index in [1.54, 1.807) is 0 Å². The summed E-state index contributed by atoms with van der Waals surface area (Å²) in [5.41, 5.74) is 0.0155. The number of hydrogen-bond donors (Lipinski definition) is 1. The van der Waals surface area contributed by atoms with Gasteiger partial charge in [0.05, 0.1) is 17.7 Å². The van der Waals surface area contributed by atoms with E-state index in [0.29, 0.717) is 17.3 Å². The van der Waals surface area contributed by atoms with Crippen molar-refractivity contribution in [3.05, 3.63) is 50.3 Å². The zero-order valence-electron chi connectivity index (χ0n) is 14.9. The number of aliphatic hydroxyl groups is 1. The Bertz CT molecular complexity index is 1070. The Morgan fingerprint density at radius 2 is 1.86 bits per heavy atom. The molecule has 2 aliphatic heterocycles. The minimum absolute atomic E-state index is 0.0463. The smallest absolute Gasteiger partial charge is 0.296 e. The van der Waals surface area contributed by atoms with E-state index >= 15 is 0 Å². The predicted molar refractivity (Wildman–Crippen MR) is 88.2 cm³/mol. The first-order valence-corrected chi connectivity index (χ1v) is 8.39. The van der Waals surface area contributed by atoms with Gasteiger partial charge in [-0.05, 0) is 29.5 Å². The van der Waals surface area contributed by atoms with Crippen LogP contribution in [0.15, 0.2) is 12.1 Å². The number of amides is 3. The number of aromatic nitrogens is 4. The van der Waals surface area contributed by atoms with Gasteiger partial charge in [0.1, 0.15) is 0 Å². The van der Waals surface area contributed by atoms with Gasteiger partial charge >= 0.3 is 0 Å². The lowest BCUT2D eigenvalue weighted by atomic mass is 10.0. The van der Waals surface area contributed by atoms with Crippen LogP contribution in [0.2, 0.25) is 0 Å². The summed E-state index contributed by atoms with van der Waals surface area (Å²) in [6, 6.07) is 2.44. The van der Waals surface area contributed by atoms with Crippen molar-refractivity contribution in [3.63, 3.8) is 0 Å². The largest absolute Gasteiger partial charge is 0.369 e. The van der Waals surface area contributed by atoms with Gasteiger partial charge in [-0.1, -0.05) is 0 Å². The SMILES string of the molecule is CCn1nnnc1CN1C(=O)c2cc3c(cc2C1O)C(=O)N(CO[N+](=O)[O-])C3=O. The molecule has 1 aromatic carbocycles. The third-order valence-corrected chi connectivity index (χ3v) is 4.72. The molecule has 0 saturated heterocycles. The van der Waals surface area contributed by atoms with Gasteiger partial charge in [-0.15, -0.1) is 15.2 Å². The van der Waals surface area contributed by atoms with Gasteiger partial charge in [0.2, 0.25) is 0 Å². The molecule has 1 aromatic heterocycles. The monoisotopic (exact) mass is 403 g/mol. The van der Waals surface area contributed by atoms with Crippen LogP contribution < -0.4 is 0 Å². The first-order valence-electron chi connectivity index (χ1n) is 8.39. The van der Waals surface area contributed by atoms with Crippen LogP contribution in [0, 0.1) is 10.1 Å². The van der Waals surface area contributed by atoms with Crippen LogP contribution in [0.1, 0.15) is 55.6 Å². The second-order valence-electron chi connectivity index (χ2n) is 6.22. The maximum absolute atomic E-state index is 12.8. The number of hydrogen-bond acceptors (Lipinski definition) is 10. The summed E-state index contributed by atoms with van der Waals surface area (Å²) in [6.07, 6.45) is -1.38. The summed E-state index contributed by atoms with van der Waals surface area (Å²) in [5, 5.41) is 30.9. The molecule has 1 unspecified atom stereocenters. The molecule has 14 nitrogen and oxygen atoms in total. The minimum atomic E-state index is -1.38. The van der Waals surface area contributed by atoms with E-state index in [-0.39, 0.29) is 28.8 Å². The van der Waals surface area contributed by atoms with Crippen LogP contribution in [0.25, 0.3) is 0 Å². The molecule has 2 aliphatic rings. The van der Waals surface area contributed by atoms with Crippen molar-refractivity contribution in [2.75, 3.05) is 6.73 Å². The normalized spacial score (nSPS) is 17.7. The number of aryl methyl sites for hydroxylation is 1. The van der Waals surface area contributed by atoms with Gasteiger partial charge in [-0.2, -0.15) is 0 Å². The van der Waals surface area contributed by atoms with Crippen LogP contribution in [0.5, 0.6) is 0 Å². The van der Waals surface area contributed by atoms with Gasteiger partial charge in [0.15, 0.2) is 18.8 Å². The summed E-state index contributed by atoms with van der Waals surface area (Å²) in [6.45, 7) is 1.33. The molecule has 0 saturated carbocycles. The predicted octanol–water partition coefficient (Wildman–Crippen LogP) is -0.898. The number of rotatable bonds is 6. The van der Waals surface area contributed by atoms with E-state index in [0.717, 1.165) is 4.90 Å². The maximum atomic E-state index is 12.8. The molecule has 0 radical (unpaired) electrons. The first-order chi connectivity index (χ1) is 13.8. The number of carbonyl (C=O) groups excluding carboxylic acids is 3. The van der Waals surface area contributed by atoms with Gasteiger partial charge in [0, 0.05) is 17.7 Å². The Morgan fingerprint density at radius 3 is 2.52 bits per heavy atom. The average Bonchev–Trinajstić information content (AvgIpc) is 3.31. The molecule has 4 rings (SSSR count). The summed E-state index contributed by atoms with van der Waals surface area (Å²) >= 11 is 0. The fourth-order valence-corrected chi connectivity index (χ4v) is 3.30. The zero-order valence-corrected chi connectivity index (χ0v) is 14.9. The van der Waals surface area contributed by atoms with E-state index < -0.39 is 35.8 Å². The highest BCUT2D eigenvalue weighted by atomic mass is 17.0. The molecule has 3 heterocycles. The number of nitrogens with zero attached hydrogens (tertiary/aromatic N) is 7. The number of fused-ring (bicyclic) bond motifs is 2. The van der Waals surface area contributed by atoms with Gasteiger partial charge < -0.3 is 10.0 Å². The van der Waals surface area contributed by atoms with Crippen molar-refractivity contribution < 1.29 is 29.4 Å². The summed E-state index contributed by atoms with van der Waals surface area (Å²) in [5.74, 6) is -1.86. The third kappa shape index (κ3) is 2.77. The van der Waals surface area contributed by atoms with Gasteiger partial charge in [0.25, 0.3) is 22.8 Å². The molecule has 3 amide bonds. The Hall–Kier alpha value is -3.94. The Kier molecular flexibility index (Phi) is 4.19. The quantitative estimate of drug-likeness (QED) is 0.361. The lowest BCUT2D eigenvalue weighted by Crippen LogP contribution is -2.33. The molecule has 2 aromatic rings. The lowest BCUT2D eigenvalue weighted by molar-refractivity contribution is -0.761. The fraction of sp³-hybridized carbons (Fsp3) is 0.333. The molecule has 0 spiro atoms. The minimum Gasteiger partial charge on any atom is -0.369 e. The molecule has 1 atom stereocenters. The van der Waals surface area contributed by atoms with Crippen molar-refractivity contribution in [2.24, 2.45) is 0 Å². The number of carbonyl (C=O) groups is 3.